The SMILES string of the molecule is COc1cc(B(O)O)c(F)c(F)c1B(O)O. The molecule has 4 N–H and O–H groups in total. The molecule has 0 saturated carbocycles. The second-order valence-electron chi connectivity index (χ2n) is 2.96. The Morgan fingerprint density at radius 3 is 2.00 bits per heavy atom. The van der Waals surface area contributed by atoms with Crippen LogP contribution < -0.4 is 15.7 Å². The van der Waals surface area contributed by atoms with Crippen LogP contribution in [0.2, 0.25) is 0 Å². The van der Waals surface area contributed by atoms with E-state index in [0.29, 0.717) is 0 Å². The topological polar surface area (TPSA) is 90.2 Å². The summed E-state index contributed by atoms with van der Waals surface area (Å²) in [5, 5.41) is 35.1. The van der Waals surface area contributed by atoms with Crippen LogP contribution in [-0.4, -0.2) is 41.4 Å². The number of methoxy groups -OCH3 is 1. The first-order chi connectivity index (χ1) is 7.40. The summed E-state index contributed by atoms with van der Waals surface area (Å²) < 4.78 is 31.1. The minimum atomic E-state index is -2.27. The lowest BCUT2D eigenvalue weighted by Crippen LogP contribution is -2.41. The second kappa shape index (κ2) is 4.79. The van der Waals surface area contributed by atoms with Crippen LogP contribution in [0.25, 0.3) is 0 Å². The van der Waals surface area contributed by atoms with E-state index in [1.165, 1.54) is 0 Å². The molecule has 0 amide bonds. The van der Waals surface area contributed by atoms with E-state index >= 15 is 0 Å². The van der Waals surface area contributed by atoms with Crippen molar-refractivity contribution in [1.29, 1.82) is 0 Å². The Morgan fingerprint density at radius 1 is 1.06 bits per heavy atom. The largest absolute Gasteiger partial charge is 0.497 e. The van der Waals surface area contributed by atoms with Gasteiger partial charge in [0.1, 0.15) is 5.75 Å². The maximum Gasteiger partial charge on any atom is 0.495 e. The van der Waals surface area contributed by atoms with Crippen molar-refractivity contribution in [2.24, 2.45) is 0 Å². The standard InChI is InChI=1S/C7H8B2F2O5/c1-16-4-2-3(8(12)13)6(10)7(11)5(4)9(14)15/h2,12-15H,1H3. The Bertz CT molecular complexity index is 399. The van der Waals surface area contributed by atoms with Crippen LogP contribution in [0.3, 0.4) is 0 Å². The highest BCUT2D eigenvalue weighted by molar-refractivity contribution is 6.61. The molecule has 5 nitrogen and oxygen atoms in total. The molecule has 9 heteroatoms. The maximum atomic E-state index is 13.3. The zero-order valence-electron chi connectivity index (χ0n) is 8.19. The third kappa shape index (κ3) is 2.17. The van der Waals surface area contributed by atoms with Gasteiger partial charge in [-0.1, -0.05) is 0 Å². The molecule has 86 valence electrons. The van der Waals surface area contributed by atoms with Crippen molar-refractivity contribution in [2.45, 2.75) is 0 Å². The number of halogens is 2. The fourth-order valence-electron chi connectivity index (χ4n) is 1.23. The van der Waals surface area contributed by atoms with Crippen LogP contribution in [-0.2, 0) is 0 Å². The molecule has 0 aromatic heterocycles. The molecule has 1 rings (SSSR count). The van der Waals surface area contributed by atoms with Gasteiger partial charge >= 0.3 is 14.2 Å². The van der Waals surface area contributed by atoms with Crippen molar-refractivity contribution in [1.82, 2.24) is 0 Å². The lowest BCUT2D eigenvalue weighted by Gasteiger charge is -2.12. The molecule has 0 aliphatic rings. The van der Waals surface area contributed by atoms with Gasteiger partial charge in [-0.05, 0) is 6.07 Å². The average Bonchev–Trinajstić information content (AvgIpc) is 2.20. The summed E-state index contributed by atoms with van der Waals surface area (Å²) in [6.07, 6.45) is 0. The Kier molecular flexibility index (Phi) is 3.87. The number of benzene rings is 1. The molecule has 0 aliphatic carbocycles. The van der Waals surface area contributed by atoms with Crippen LogP contribution in [0.15, 0.2) is 6.07 Å². The first-order valence-corrected chi connectivity index (χ1v) is 4.18. The van der Waals surface area contributed by atoms with Gasteiger partial charge in [0, 0.05) is 5.46 Å². The molecule has 1 aromatic rings. The summed E-state index contributed by atoms with van der Waals surface area (Å²) in [6, 6.07) is 0.776. The van der Waals surface area contributed by atoms with E-state index in [1.54, 1.807) is 0 Å². The molecule has 0 unspecified atom stereocenters. The Hall–Kier alpha value is -1.15. The first-order valence-electron chi connectivity index (χ1n) is 4.18. The molecule has 0 radical (unpaired) electrons. The lowest BCUT2D eigenvalue weighted by atomic mass is 9.73. The van der Waals surface area contributed by atoms with Gasteiger partial charge in [0.2, 0.25) is 0 Å². The molecule has 1 aromatic carbocycles. The van der Waals surface area contributed by atoms with Gasteiger partial charge < -0.3 is 24.8 Å². The van der Waals surface area contributed by atoms with E-state index in [2.05, 4.69) is 4.74 Å². The van der Waals surface area contributed by atoms with Gasteiger partial charge in [-0.3, -0.25) is 0 Å². The van der Waals surface area contributed by atoms with E-state index < -0.39 is 42.5 Å². The molecule has 16 heavy (non-hydrogen) atoms. The van der Waals surface area contributed by atoms with Gasteiger partial charge in [0.05, 0.1) is 12.6 Å². The third-order valence-electron chi connectivity index (χ3n) is 1.99. The summed E-state index contributed by atoms with van der Waals surface area (Å²) in [6.45, 7) is 0. The van der Waals surface area contributed by atoms with Crippen molar-refractivity contribution in [3.63, 3.8) is 0 Å². The Morgan fingerprint density at radius 2 is 1.62 bits per heavy atom. The van der Waals surface area contributed by atoms with Gasteiger partial charge in [-0.25, -0.2) is 8.78 Å². The molecule has 0 bridgehead atoms. The van der Waals surface area contributed by atoms with E-state index in [-0.39, 0.29) is 0 Å². The van der Waals surface area contributed by atoms with Gasteiger partial charge in [-0.15, -0.1) is 0 Å². The van der Waals surface area contributed by atoms with Gasteiger partial charge in [0.15, 0.2) is 11.6 Å². The van der Waals surface area contributed by atoms with E-state index in [0.717, 1.165) is 13.2 Å². The Labute approximate surface area is 90.2 Å². The van der Waals surface area contributed by atoms with Crippen molar-refractivity contribution >= 4 is 25.2 Å². The fraction of sp³-hybridized carbons (Fsp3) is 0.143. The third-order valence-corrected chi connectivity index (χ3v) is 1.99. The summed E-state index contributed by atoms with van der Waals surface area (Å²) in [5.41, 5.74) is -1.55. The van der Waals surface area contributed by atoms with Crippen LogP contribution in [0.5, 0.6) is 5.75 Å². The first kappa shape index (κ1) is 12.9. The molecular weight excluding hydrogens is 224 g/mol. The molecule has 0 aliphatic heterocycles. The highest BCUT2D eigenvalue weighted by Gasteiger charge is 2.30. The van der Waals surface area contributed by atoms with Crippen LogP contribution >= 0.6 is 0 Å². The summed E-state index contributed by atoms with van der Waals surface area (Å²) in [5.74, 6) is -3.56. The summed E-state index contributed by atoms with van der Waals surface area (Å²) in [7, 11) is -3.41. The Balaban J connectivity index is 3.49. The van der Waals surface area contributed by atoms with E-state index in [4.69, 9.17) is 20.1 Å². The van der Waals surface area contributed by atoms with Gasteiger partial charge in [-0.2, -0.15) is 0 Å². The van der Waals surface area contributed by atoms with Crippen LogP contribution in [0, 0.1) is 11.6 Å². The highest BCUT2D eigenvalue weighted by Crippen LogP contribution is 2.12. The quantitative estimate of drug-likeness (QED) is 0.426. The van der Waals surface area contributed by atoms with Crippen molar-refractivity contribution in [2.75, 3.05) is 7.11 Å². The number of ether oxygens (including phenoxy) is 1. The maximum absolute atomic E-state index is 13.3. The van der Waals surface area contributed by atoms with Crippen molar-refractivity contribution in [3.05, 3.63) is 17.7 Å². The molecule has 0 atom stereocenters. The number of hydrogen-bond donors (Lipinski definition) is 4. The summed E-state index contributed by atoms with van der Waals surface area (Å²) >= 11 is 0. The predicted octanol–water partition coefficient (Wildman–Crippen LogP) is -2.67. The second-order valence-corrected chi connectivity index (χ2v) is 2.96. The predicted molar refractivity (Wildman–Crippen MR) is 52.6 cm³/mol. The van der Waals surface area contributed by atoms with Crippen LogP contribution in [0.1, 0.15) is 0 Å². The van der Waals surface area contributed by atoms with Crippen molar-refractivity contribution in [3.8, 4) is 5.75 Å². The molecule has 0 saturated heterocycles. The van der Waals surface area contributed by atoms with Gasteiger partial charge in [0.25, 0.3) is 0 Å². The smallest absolute Gasteiger partial charge is 0.495 e. The lowest BCUT2D eigenvalue weighted by molar-refractivity contribution is 0.391. The van der Waals surface area contributed by atoms with Crippen LogP contribution in [0.4, 0.5) is 8.78 Å². The normalized spacial score (nSPS) is 10.2. The number of rotatable bonds is 3. The zero-order chi connectivity index (χ0) is 12.5. The molecule has 0 fully saturated rings. The highest BCUT2D eigenvalue weighted by atomic mass is 19.2. The molecule has 0 spiro atoms. The minimum Gasteiger partial charge on any atom is -0.497 e. The fourth-order valence-corrected chi connectivity index (χ4v) is 1.23. The molecular formula is C7H8B2F2O5. The van der Waals surface area contributed by atoms with E-state index in [9.17, 15) is 8.78 Å². The molecule has 0 heterocycles. The summed E-state index contributed by atoms with van der Waals surface area (Å²) in [4.78, 5) is 0. The zero-order valence-corrected chi connectivity index (χ0v) is 8.19. The minimum absolute atomic E-state index is 0.392. The number of hydrogen-bond acceptors (Lipinski definition) is 5. The van der Waals surface area contributed by atoms with Crippen molar-refractivity contribution < 1.29 is 33.6 Å². The monoisotopic (exact) mass is 232 g/mol. The van der Waals surface area contributed by atoms with E-state index in [1.807, 2.05) is 0 Å². The average molecular weight is 232 g/mol.